The van der Waals surface area contributed by atoms with Crippen LogP contribution in [0.15, 0.2) is 24.3 Å². The number of hydrogen-bond donors (Lipinski definition) is 1. The lowest BCUT2D eigenvalue weighted by Crippen LogP contribution is -2.45. The Morgan fingerprint density at radius 3 is 2.62 bits per heavy atom. The second kappa shape index (κ2) is 6.47. The van der Waals surface area contributed by atoms with Gasteiger partial charge in [-0.25, -0.2) is 0 Å². The van der Waals surface area contributed by atoms with Crippen LogP contribution in [0.25, 0.3) is 0 Å². The molecular weight excluding hydrogens is 264 g/mol. The zero-order valence-electron chi connectivity index (χ0n) is 12.9. The Bertz CT molecular complexity index is 456. The molecule has 1 heterocycles. The van der Waals surface area contributed by atoms with Gasteiger partial charge in [0.15, 0.2) is 0 Å². The van der Waals surface area contributed by atoms with Crippen LogP contribution in [-0.4, -0.2) is 30.5 Å². The molecular formula is C18H26O3. The van der Waals surface area contributed by atoms with Crippen molar-refractivity contribution in [2.24, 2.45) is 0 Å². The molecule has 1 unspecified atom stereocenters. The lowest BCUT2D eigenvalue weighted by molar-refractivity contribution is -0.168. The maximum atomic E-state index is 11.1. The van der Waals surface area contributed by atoms with E-state index in [1.54, 1.807) is 0 Å². The highest BCUT2D eigenvalue weighted by Crippen LogP contribution is 2.44. The van der Waals surface area contributed by atoms with Crippen LogP contribution in [0.1, 0.15) is 62.2 Å². The molecule has 21 heavy (non-hydrogen) atoms. The molecule has 1 aliphatic heterocycles. The van der Waals surface area contributed by atoms with E-state index in [1.165, 1.54) is 24.8 Å². The summed E-state index contributed by atoms with van der Waals surface area (Å²) in [5, 5.41) is 11.1. The van der Waals surface area contributed by atoms with Gasteiger partial charge in [0.1, 0.15) is 11.7 Å². The van der Waals surface area contributed by atoms with Gasteiger partial charge >= 0.3 is 0 Å². The van der Waals surface area contributed by atoms with Crippen molar-refractivity contribution in [2.75, 3.05) is 19.8 Å². The number of benzene rings is 1. The van der Waals surface area contributed by atoms with E-state index in [9.17, 15) is 5.11 Å². The topological polar surface area (TPSA) is 38.7 Å². The van der Waals surface area contributed by atoms with E-state index >= 15 is 0 Å². The molecule has 3 rings (SSSR count). The zero-order valence-corrected chi connectivity index (χ0v) is 12.9. The predicted octanol–water partition coefficient (Wildman–Crippen LogP) is 3.57. The van der Waals surface area contributed by atoms with E-state index in [4.69, 9.17) is 9.47 Å². The van der Waals surface area contributed by atoms with E-state index < -0.39 is 11.7 Å². The minimum atomic E-state index is -0.557. The molecule has 0 aromatic heterocycles. The summed E-state index contributed by atoms with van der Waals surface area (Å²) in [6, 6.07) is 8.37. The third kappa shape index (κ3) is 2.87. The van der Waals surface area contributed by atoms with Gasteiger partial charge in [0.25, 0.3) is 0 Å². The van der Waals surface area contributed by atoms with Crippen molar-refractivity contribution in [3.05, 3.63) is 35.4 Å². The number of ether oxygens (including phenoxy) is 2. The van der Waals surface area contributed by atoms with Gasteiger partial charge in [-0.05, 0) is 36.8 Å². The molecule has 1 aliphatic carbocycles. The largest absolute Gasteiger partial charge is 0.385 e. The molecule has 1 atom stereocenters. The number of rotatable bonds is 5. The van der Waals surface area contributed by atoms with Crippen molar-refractivity contribution >= 4 is 0 Å². The summed E-state index contributed by atoms with van der Waals surface area (Å²) in [6.45, 7) is 3.97. The van der Waals surface area contributed by atoms with E-state index in [0.717, 1.165) is 18.4 Å². The van der Waals surface area contributed by atoms with Crippen LogP contribution >= 0.6 is 0 Å². The minimum Gasteiger partial charge on any atom is -0.385 e. The van der Waals surface area contributed by atoms with Crippen molar-refractivity contribution < 1.29 is 14.6 Å². The number of hydrogen-bond acceptors (Lipinski definition) is 3. The molecule has 116 valence electrons. The summed E-state index contributed by atoms with van der Waals surface area (Å²) in [7, 11) is 0. The molecule has 0 spiro atoms. The van der Waals surface area contributed by atoms with Gasteiger partial charge in [0, 0.05) is 32.7 Å². The Morgan fingerprint density at radius 2 is 2.00 bits per heavy atom. The minimum absolute atomic E-state index is 0.479. The van der Waals surface area contributed by atoms with Crippen LogP contribution in [0.4, 0.5) is 0 Å². The van der Waals surface area contributed by atoms with E-state index in [0.29, 0.717) is 25.7 Å². The van der Waals surface area contributed by atoms with Crippen LogP contribution < -0.4 is 0 Å². The van der Waals surface area contributed by atoms with Crippen molar-refractivity contribution in [3.8, 4) is 0 Å². The highest BCUT2D eigenvalue weighted by molar-refractivity contribution is 5.35. The second-order valence-corrected chi connectivity index (χ2v) is 6.27. The van der Waals surface area contributed by atoms with Gasteiger partial charge in [-0.3, -0.25) is 0 Å². The van der Waals surface area contributed by atoms with Gasteiger partial charge < -0.3 is 14.6 Å². The Kier molecular flexibility index (Phi) is 4.63. The molecule has 1 saturated carbocycles. The second-order valence-electron chi connectivity index (χ2n) is 6.27. The Hall–Kier alpha value is -0.900. The fraction of sp³-hybridized carbons (Fsp3) is 0.667. The average molecular weight is 290 g/mol. The fourth-order valence-electron chi connectivity index (χ4n) is 3.64. The smallest absolute Gasteiger partial charge is 0.108 e. The molecule has 2 fully saturated rings. The molecule has 0 radical (unpaired) electrons. The zero-order chi connectivity index (χ0) is 14.7. The predicted molar refractivity (Wildman–Crippen MR) is 82.4 cm³/mol. The Balaban J connectivity index is 1.90. The molecule has 1 saturated heterocycles. The summed E-state index contributed by atoms with van der Waals surface area (Å²) >= 11 is 0. The van der Waals surface area contributed by atoms with E-state index in [-0.39, 0.29) is 0 Å². The molecule has 0 amide bonds. The SMILES string of the molecule is CCOC1(C(O)c2ccccc2C2CCC2)CCOCC1. The van der Waals surface area contributed by atoms with Crippen LogP contribution in [0.5, 0.6) is 0 Å². The van der Waals surface area contributed by atoms with Gasteiger partial charge in [0.05, 0.1) is 0 Å². The van der Waals surface area contributed by atoms with Gasteiger partial charge in [-0.15, -0.1) is 0 Å². The van der Waals surface area contributed by atoms with Crippen LogP contribution in [0.3, 0.4) is 0 Å². The summed E-state index contributed by atoms with van der Waals surface area (Å²) in [5.41, 5.74) is 1.91. The standard InChI is InChI=1S/C18H26O3/c1-2-21-18(10-12-20-13-11-18)17(19)16-9-4-3-8-15(16)14-6-5-7-14/h3-4,8-9,14,17,19H,2,5-7,10-13H2,1H3. The first kappa shape index (κ1) is 15.0. The van der Waals surface area contributed by atoms with Crippen LogP contribution in [-0.2, 0) is 9.47 Å². The normalized spacial score (nSPS) is 23.5. The maximum Gasteiger partial charge on any atom is 0.108 e. The third-order valence-corrected chi connectivity index (χ3v) is 5.10. The average Bonchev–Trinajstić information content (AvgIpc) is 2.47. The Labute approximate surface area is 127 Å². The van der Waals surface area contributed by atoms with E-state index in [2.05, 4.69) is 18.2 Å². The summed E-state index contributed by atoms with van der Waals surface area (Å²) < 4.78 is 11.5. The van der Waals surface area contributed by atoms with Crippen LogP contribution in [0, 0.1) is 0 Å². The lowest BCUT2D eigenvalue weighted by Gasteiger charge is -2.42. The van der Waals surface area contributed by atoms with Crippen molar-refractivity contribution in [2.45, 2.75) is 56.7 Å². The van der Waals surface area contributed by atoms with Gasteiger partial charge in [-0.1, -0.05) is 30.7 Å². The van der Waals surface area contributed by atoms with Crippen LogP contribution in [0.2, 0.25) is 0 Å². The number of aliphatic hydroxyl groups excluding tert-OH is 1. The first-order chi connectivity index (χ1) is 10.3. The maximum absolute atomic E-state index is 11.1. The summed E-state index contributed by atoms with van der Waals surface area (Å²) in [5.74, 6) is 0.620. The van der Waals surface area contributed by atoms with Gasteiger partial charge in [0.2, 0.25) is 0 Å². The monoisotopic (exact) mass is 290 g/mol. The highest BCUT2D eigenvalue weighted by Gasteiger charge is 2.42. The first-order valence-electron chi connectivity index (χ1n) is 8.25. The van der Waals surface area contributed by atoms with Crippen molar-refractivity contribution in [1.29, 1.82) is 0 Å². The van der Waals surface area contributed by atoms with Crippen molar-refractivity contribution in [3.63, 3.8) is 0 Å². The summed E-state index contributed by atoms with van der Waals surface area (Å²) in [6.07, 6.45) is 4.77. The molecule has 1 aromatic carbocycles. The van der Waals surface area contributed by atoms with E-state index in [1.807, 2.05) is 13.0 Å². The molecule has 1 aromatic rings. The molecule has 2 aliphatic rings. The first-order valence-corrected chi connectivity index (χ1v) is 8.25. The highest BCUT2D eigenvalue weighted by atomic mass is 16.5. The fourth-order valence-corrected chi connectivity index (χ4v) is 3.64. The van der Waals surface area contributed by atoms with Gasteiger partial charge in [-0.2, -0.15) is 0 Å². The Morgan fingerprint density at radius 1 is 1.29 bits per heavy atom. The lowest BCUT2D eigenvalue weighted by atomic mass is 9.74. The number of aliphatic hydroxyl groups is 1. The molecule has 1 N–H and O–H groups in total. The molecule has 3 heteroatoms. The third-order valence-electron chi connectivity index (χ3n) is 5.10. The van der Waals surface area contributed by atoms with Crippen molar-refractivity contribution in [1.82, 2.24) is 0 Å². The summed E-state index contributed by atoms with van der Waals surface area (Å²) in [4.78, 5) is 0. The molecule has 3 nitrogen and oxygen atoms in total. The quantitative estimate of drug-likeness (QED) is 0.901. The molecule has 0 bridgehead atoms.